The zero-order valence-corrected chi connectivity index (χ0v) is 12.9. The number of hydrazine groups is 1. The van der Waals surface area contributed by atoms with Crippen LogP contribution in [0, 0.1) is 0 Å². The van der Waals surface area contributed by atoms with Crippen molar-refractivity contribution in [1.82, 2.24) is 10.3 Å². The maximum Gasteiger partial charge on any atom is 0.275 e. The van der Waals surface area contributed by atoms with Crippen molar-refractivity contribution in [3.63, 3.8) is 0 Å². The van der Waals surface area contributed by atoms with E-state index in [-0.39, 0.29) is 12.5 Å². The Morgan fingerprint density at radius 2 is 2.14 bits per heavy atom. The SMILES string of the molecule is CCCN(CCO)Cc1c(C(=O)NN)sc2ccccc12. The molecule has 5 nitrogen and oxygen atoms in total. The first-order valence-corrected chi connectivity index (χ1v) is 7.87. The lowest BCUT2D eigenvalue weighted by molar-refractivity contribution is 0.0955. The molecule has 0 aliphatic heterocycles. The van der Waals surface area contributed by atoms with Gasteiger partial charge in [-0.25, -0.2) is 5.84 Å². The van der Waals surface area contributed by atoms with Gasteiger partial charge in [-0.2, -0.15) is 0 Å². The summed E-state index contributed by atoms with van der Waals surface area (Å²) in [5.41, 5.74) is 3.21. The molecule has 0 unspecified atom stereocenters. The van der Waals surface area contributed by atoms with E-state index in [1.54, 1.807) is 0 Å². The number of nitrogens with one attached hydrogen (secondary N) is 1. The second-order valence-electron chi connectivity index (χ2n) is 4.88. The summed E-state index contributed by atoms with van der Waals surface area (Å²) >= 11 is 1.45. The minimum absolute atomic E-state index is 0.112. The first kappa shape index (κ1) is 15.9. The van der Waals surface area contributed by atoms with Gasteiger partial charge in [0.2, 0.25) is 0 Å². The molecule has 0 aliphatic rings. The Morgan fingerprint density at radius 1 is 1.38 bits per heavy atom. The number of fused-ring (bicyclic) bond motifs is 1. The summed E-state index contributed by atoms with van der Waals surface area (Å²) in [4.78, 5) is 14.8. The molecule has 2 aromatic rings. The number of amides is 1. The number of nitrogens with two attached hydrogens (primary N) is 1. The number of aliphatic hydroxyl groups is 1. The van der Waals surface area contributed by atoms with Gasteiger partial charge < -0.3 is 5.11 Å². The Morgan fingerprint density at radius 3 is 2.81 bits per heavy atom. The van der Waals surface area contributed by atoms with Crippen molar-refractivity contribution < 1.29 is 9.90 Å². The lowest BCUT2D eigenvalue weighted by Gasteiger charge is -2.21. The van der Waals surface area contributed by atoms with E-state index in [4.69, 9.17) is 5.84 Å². The summed E-state index contributed by atoms with van der Waals surface area (Å²) in [5, 5.41) is 10.3. The van der Waals surface area contributed by atoms with E-state index in [9.17, 15) is 9.90 Å². The summed E-state index contributed by atoms with van der Waals surface area (Å²) in [7, 11) is 0. The van der Waals surface area contributed by atoms with Crippen LogP contribution < -0.4 is 11.3 Å². The van der Waals surface area contributed by atoms with Gasteiger partial charge in [0.05, 0.1) is 11.5 Å². The van der Waals surface area contributed by atoms with Gasteiger partial charge in [-0.15, -0.1) is 11.3 Å². The molecule has 0 fully saturated rings. The zero-order valence-electron chi connectivity index (χ0n) is 12.1. The molecule has 0 saturated heterocycles. The number of aliphatic hydroxyl groups excluding tert-OH is 1. The second kappa shape index (κ2) is 7.51. The number of benzene rings is 1. The number of hydrogen-bond donors (Lipinski definition) is 3. The fraction of sp³-hybridized carbons (Fsp3) is 0.400. The van der Waals surface area contributed by atoms with Gasteiger partial charge in [-0.1, -0.05) is 25.1 Å². The zero-order chi connectivity index (χ0) is 15.2. The van der Waals surface area contributed by atoms with Crippen molar-refractivity contribution in [3.8, 4) is 0 Å². The molecule has 0 bridgehead atoms. The molecular weight excluding hydrogens is 286 g/mol. The highest BCUT2D eigenvalue weighted by molar-refractivity contribution is 7.21. The molecule has 0 aliphatic carbocycles. The van der Waals surface area contributed by atoms with Crippen molar-refractivity contribution in [1.29, 1.82) is 0 Å². The van der Waals surface area contributed by atoms with Crippen LogP contribution in [0.15, 0.2) is 24.3 Å². The number of nitrogen functional groups attached to an aromatic ring is 1. The molecule has 0 saturated carbocycles. The molecule has 4 N–H and O–H groups in total. The summed E-state index contributed by atoms with van der Waals surface area (Å²) in [5.74, 6) is 5.04. The van der Waals surface area contributed by atoms with E-state index in [0.29, 0.717) is 18.0 Å². The van der Waals surface area contributed by atoms with E-state index < -0.39 is 0 Å². The number of nitrogens with zero attached hydrogens (tertiary/aromatic N) is 1. The minimum Gasteiger partial charge on any atom is -0.395 e. The van der Waals surface area contributed by atoms with E-state index in [1.165, 1.54) is 11.3 Å². The molecule has 0 atom stereocenters. The Balaban J connectivity index is 2.41. The summed E-state index contributed by atoms with van der Waals surface area (Å²) in [6.07, 6.45) is 1.00. The number of thiophene rings is 1. The predicted octanol–water partition coefficient (Wildman–Crippen LogP) is 1.71. The molecule has 0 radical (unpaired) electrons. The van der Waals surface area contributed by atoms with Crippen LogP contribution in [0.4, 0.5) is 0 Å². The van der Waals surface area contributed by atoms with E-state index >= 15 is 0 Å². The topological polar surface area (TPSA) is 78.6 Å². The molecule has 1 amide bonds. The predicted molar refractivity (Wildman–Crippen MR) is 86.1 cm³/mol. The van der Waals surface area contributed by atoms with Crippen LogP contribution >= 0.6 is 11.3 Å². The quantitative estimate of drug-likeness (QED) is 0.413. The van der Waals surface area contributed by atoms with Gasteiger partial charge in [0.15, 0.2) is 0 Å². The first-order chi connectivity index (χ1) is 10.2. The van der Waals surface area contributed by atoms with Crippen molar-refractivity contribution in [2.45, 2.75) is 19.9 Å². The summed E-state index contributed by atoms with van der Waals surface area (Å²) < 4.78 is 1.08. The molecular formula is C15H21N3O2S. The smallest absolute Gasteiger partial charge is 0.275 e. The van der Waals surface area contributed by atoms with Crippen molar-refractivity contribution in [2.24, 2.45) is 5.84 Å². The Labute approximate surface area is 128 Å². The lowest BCUT2D eigenvalue weighted by Crippen LogP contribution is -2.32. The van der Waals surface area contributed by atoms with Gasteiger partial charge in [-0.05, 0) is 30.0 Å². The molecule has 1 aromatic carbocycles. The first-order valence-electron chi connectivity index (χ1n) is 7.05. The number of rotatable bonds is 7. The Hall–Kier alpha value is -1.47. The van der Waals surface area contributed by atoms with E-state index in [0.717, 1.165) is 28.6 Å². The van der Waals surface area contributed by atoms with Crippen molar-refractivity contribution in [2.75, 3.05) is 19.7 Å². The van der Waals surface area contributed by atoms with Gasteiger partial charge in [0, 0.05) is 17.8 Å². The molecule has 2 rings (SSSR count). The monoisotopic (exact) mass is 307 g/mol. The molecule has 1 aromatic heterocycles. The fourth-order valence-electron chi connectivity index (χ4n) is 2.46. The summed E-state index contributed by atoms with van der Waals surface area (Å²) in [6.45, 7) is 4.33. The van der Waals surface area contributed by atoms with E-state index in [1.807, 2.05) is 24.3 Å². The lowest BCUT2D eigenvalue weighted by atomic mass is 10.1. The van der Waals surface area contributed by atoms with Gasteiger partial charge in [-0.3, -0.25) is 15.1 Å². The van der Waals surface area contributed by atoms with Crippen molar-refractivity contribution in [3.05, 3.63) is 34.7 Å². The largest absolute Gasteiger partial charge is 0.395 e. The second-order valence-corrected chi connectivity index (χ2v) is 5.93. The highest BCUT2D eigenvalue weighted by Crippen LogP contribution is 2.32. The standard InChI is InChI=1S/C15H21N3O2S/c1-2-7-18(8-9-19)10-12-11-5-3-4-6-13(11)21-14(12)15(20)17-16/h3-6,19H,2,7-10,16H2,1H3,(H,17,20). The van der Waals surface area contributed by atoms with Crippen LogP contribution in [-0.2, 0) is 6.54 Å². The van der Waals surface area contributed by atoms with Crippen molar-refractivity contribution >= 4 is 27.3 Å². The Bertz CT molecular complexity index is 606. The maximum atomic E-state index is 12.0. The van der Waals surface area contributed by atoms with Crippen LogP contribution in [0.1, 0.15) is 28.6 Å². The normalized spacial score (nSPS) is 11.2. The highest BCUT2D eigenvalue weighted by Gasteiger charge is 2.19. The van der Waals surface area contributed by atoms with Gasteiger partial charge in [0.1, 0.15) is 0 Å². The molecule has 114 valence electrons. The molecule has 0 spiro atoms. The molecule has 21 heavy (non-hydrogen) atoms. The summed E-state index contributed by atoms with van der Waals surface area (Å²) in [6, 6.07) is 7.97. The van der Waals surface area contributed by atoms with Gasteiger partial charge in [0.25, 0.3) is 5.91 Å². The number of hydrogen-bond acceptors (Lipinski definition) is 5. The Kier molecular flexibility index (Phi) is 5.69. The van der Waals surface area contributed by atoms with Crippen LogP contribution in [-0.4, -0.2) is 35.6 Å². The average Bonchev–Trinajstić information content (AvgIpc) is 2.86. The van der Waals surface area contributed by atoms with Crippen LogP contribution in [0.2, 0.25) is 0 Å². The maximum absolute atomic E-state index is 12.0. The van der Waals surface area contributed by atoms with E-state index in [2.05, 4.69) is 17.2 Å². The minimum atomic E-state index is -0.258. The van der Waals surface area contributed by atoms with Gasteiger partial charge >= 0.3 is 0 Å². The highest BCUT2D eigenvalue weighted by atomic mass is 32.1. The fourth-order valence-corrected chi connectivity index (χ4v) is 3.57. The molecule has 6 heteroatoms. The average molecular weight is 307 g/mol. The number of carbonyl (C=O) groups excluding carboxylic acids is 1. The van der Waals surface area contributed by atoms with Crippen LogP contribution in [0.5, 0.6) is 0 Å². The third-order valence-electron chi connectivity index (χ3n) is 3.37. The third-order valence-corrected chi connectivity index (χ3v) is 4.59. The van der Waals surface area contributed by atoms with Crippen LogP contribution in [0.3, 0.4) is 0 Å². The number of carbonyl (C=O) groups is 1. The third kappa shape index (κ3) is 3.59. The molecule has 1 heterocycles. The van der Waals surface area contributed by atoms with Crippen LogP contribution in [0.25, 0.3) is 10.1 Å².